The minimum atomic E-state index is 0.145. The van der Waals surface area contributed by atoms with Crippen LogP contribution in [0.4, 0.5) is 0 Å². The van der Waals surface area contributed by atoms with E-state index < -0.39 is 0 Å². The molecule has 19 heavy (non-hydrogen) atoms. The average Bonchev–Trinajstić information content (AvgIpc) is 3.08. The Kier molecular flexibility index (Phi) is 5.45. The third kappa shape index (κ3) is 4.99. The molecule has 1 N–H and O–H groups in total. The number of hydrogen-bond donors (Lipinski definition) is 1. The van der Waals surface area contributed by atoms with Crippen molar-refractivity contribution in [3.05, 3.63) is 21.9 Å². The fourth-order valence-corrected chi connectivity index (χ4v) is 2.88. The third-order valence-corrected chi connectivity index (χ3v) is 4.32. The highest BCUT2D eigenvalue weighted by Crippen LogP contribution is 2.31. The van der Waals surface area contributed by atoms with Crippen molar-refractivity contribution >= 4 is 11.3 Å². The van der Waals surface area contributed by atoms with Crippen molar-refractivity contribution in [2.75, 3.05) is 13.2 Å². The first-order chi connectivity index (χ1) is 9.19. The Morgan fingerprint density at radius 2 is 2.26 bits per heavy atom. The van der Waals surface area contributed by atoms with Crippen LogP contribution in [0.5, 0.6) is 0 Å². The average molecular weight is 277 g/mol. The Balaban J connectivity index is 1.91. The summed E-state index contributed by atoms with van der Waals surface area (Å²) >= 11 is 1.79. The number of rotatable bonds is 6. The second-order valence-corrected chi connectivity index (χ2v) is 6.54. The van der Waals surface area contributed by atoms with Crippen LogP contribution in [0.2, 0.25) is 0 Å². The molecule has 0 radical (unpaired) electrons. The van der Waals surface area contributed by atoms with E-state index in [4.69, 9.17) is 5.11 Å². The van der Waals surface area contributed by atoms with E-state index in [0.717, 1.165) is 18.0 Å². The van der Waals surface area contributed by atoms with E-state index in [2.05, 4.69) is 42.0 Å². The first-order valence-corrected chi connectivity index (χ1v) is 7.98. The lowest BCUT2D eigenvalue weighted by atomic mass is 10.2. The van der Waals surface area contributed by atoms with Crippen LogP contribution >= 0.6 is 11.3 Å². The molecule has 1 aliphatic carbocycles. The molecule has 0 bridgehead atoms. The fourth-order valence-electron chi connectivity index (χ4n) is 2.04. The lowest BCUT2D eigenvalue weighted by molar-refractivity contribution is 0.205. The quantitative estimate of drug-likeness (QED) is 0.808. The van der Waals surface area contributed by atoms with Crippen LogP contribution in [-0.4, -0.2) is 29.2 Å². The first-order valence-electron chi connectivity index (χ1n) is 7.10. The van der Waals surface area contributed by atoms with Gasteiger partial charge in [0.1, 0.15) is 0 Å². The molecule has 0 atom stereocenters. The number of aliphatic hydroxyl groups excluding tert-OH is 1. The smallest absolute Gasteiger partial charge is 0.0540 e. The van der Waals surface area contributed by atoms with Gasteiger partial charge in [-0.15, -0.1) is 11.3 Å². The maximum absolute atomic E-state index is 8.71. The van der Waals surface area contributed by atoms with Crippen molar-refractivity contribution in [3.63, 3.8) is 0 Å². The summed E-state index contributed by atoms with van der Waals surface area (Å²) in [4.78, 5) is 3.96. The summed E-state index contributed by atoms with van der Waals surface area (Å²) in [5.74, 6) is 7.02. The Labute approximate surface area is 120 Å². The molecule has 1 aromatic rings. The molecular weight excluding hydrogens is 254 g/mol. The normalized spacial score (nSPS) is 14.8. The minimum Gasteiger partial charge on any atom is -0.395 e. The zero-order valence-electron chi connectivity index (χ0n) is 11.9. The van der Waals surface area contributed by atoms with E-state index in [1.54, 1.807) is 11.3 Å². The zero-order chi connectivity index (χ0) is 13.7. The largest absolute Gasteiger partial charge is 0.395 e. The first kappa shape index (κ1) is 14.6. The molecule has 2 rings (SSSR count). The van der Waals surface area contributed by atoms with Gasteiger partial charge in [0.2, 0.25) is 0 Å². The van der Waals surface area contributed by atoms with Crippen molar-refractivity contribution in [2.45, 2.75) is 45.7 Å². The molecule has 3 heteroatoms. The molecule has 0 amide bonds. The van der Waals surface area contributed by atoms with Crippen LogP contribution in [-0.2, 0) is 6.54 Å². The summed E-state index contributed by atoms with van der Waals surface area (Å²) in [6.45, 7) is 6.98. The molecule has 0 spiro atoms. The molecule has 1 heterocycles. The Bertz CT molecular complexity index is 451. The standard InChI is InChI=1S/C16H23NOS/c1-13(2)17(10-14-6-7-14)11-16-9-15(12-19-16)5-3-4-8-18/h9,12-14,18H,4,6-8,10-11H2,1-2H3. The molecule has 1 fully saturated rings. The van der Waals surface area contributed by atoms with Gasteiger partial charge in [-0.1, -0.05) is 11.8 Å². The van der Waals surface area contributed by atoms with Crippen molar-refractivity contribution in [1.82, 2.24) is 4.90 Å². The molecule has 0 unspecified atom stereocenters. The monoisotopic (exact) mass is 277 g/mol. The summed E-state index contributed by atoms with van der Waals surface area (Å²) in [6.07, 6.45) is 3.38. The van der Waals surface area contributed by atoms with Gasteiger partial charge >= 0.3 is 0 Å². The maximum atomic E-state index is 8.71. The van der Waals surface area contributed by atoms with Crippen LogP contribution in [0.15, 0.2) is 11.4 Å². The highest BCUT2D eigenvalue weighted by atomic mass is 32.1. The summed E-state index contributed by atoms with van der Waals surface area (Å²) in [7, 11) is 0. The molecular formula is C16H23NOS. The van der Waals surface area contributed by atoms with E-state index in [0.29, 0.717) is 12.5 Å². The summed E-state index contributed by atoms with van der Waals surface area (Å²) in [5, 5.41) is 10.8. The van der Waals surface area contributed by atoms with E-state index in [1.807, 2.05) is 0 Å². The fraction of sp³-hybridized carbons (Fsp3) is 0.625. The number of nitrogens with zero attached hydrogens (tertiary/aromatic N) is 1. The minimum absolute atomic E-state index is 0.145. The van der Waals surface area contributed by atoms with Crippen molar-refractivity contribution in [1.29, 1.82) is 0 Å². The van der Waals surface area contributed by atoms with Crippen LogP contribution in [0.3, 0.4) is 0 Å². The van der Waals surface area contributed by atoms with Crippen LogP contribution in [0.1, 0.15) is 43.6 Å². The summed E-state index contributed by atoms with van der Waals surface area (Å²) in [5.41, 5.74) is 1.09. The van der Waals surface area contributed by atoms with Gasteiger partial charge in [-0.05, 0) is 38.7 Å². The van der Waals surface area contributed by atoms with Crippen molar-refractivity contribution < 1.29 is 5.11 Å². The van der Waals surface area contributed by atoms with Gasteiger partial charge in [0.15, 0.2) is 0 Å². The Hall–Kier alpha value is -0.820. The summed E-state index contributed by atoms with van der Waals surface area (Å²) < 4.78 is 0. The Morgan fingerprint density at radius 3 is 2.89 bits per heavy atom. The highest BCUT2D eigenvalue weighted by Gasteiger charge is 2.25. The topological polar surface area (TPSA) is 23.5 Å². The van der Waals surface area contributed by atoms with Gasteiger partial charge < -0.3 is 5.11 Å². The highest BCUT2D eigenvalue weighted by molar-refractivity contribution is 7.10. The second kappa shape index (κ2) is 7.09. The van der Waals surface area contributed by atoms with E-state index in [9.17, 15) is 0 Å². The molecule has 0 aliphatic heterocycles. The van der Waals surface area contributed by atoms with E-state index in [1.165, 1.54) is 24.3 Å². The van der Waals surface area contributed by atoms with Gasteiger partial charge in [-0.2, -0.15) is 0 Å². The molecule has 1 saturated carbocycles. The maximum Gasteiger partial charge on any atom is 0.0540 e. The van der Waals surface area contributed by atoms with Crippen LogP contribution < -0.4 is 0 Å². The van der Waals surface area contributed by atoms with Crippen molar-refractivity contribution in [3.8, 4) is 11.8 Å². The van der Waals surface area contributed by atoms with Crippen molar-refractivity contribution in [2.24, 2.45) is 5.92 Å². The predicted octanol–water partition coefficient (Wildman–Crippen LogP) is 3.10. The number of thiophene rings is 1. The third-order valence-electron chi connectivity index (χ3n) is 3.40. The summed E-state index contributed by atoms with van der Waals surface area (Å²) in [6, 6.07) is 2.80. The van der Waals surface area contributed by atoms with Gasteiger partial charge in [0.05, 0.1) is 6.61 Å². The van der Waals surface area contributed by atoms with Crippen LogP contribution in [0, 0.1) is 17.8 Å². The molecule has 0 saturated heterocycles. The molecule has 1 aliphatic rings. The van der Waals surface area contributed by atoms with Gasteiger partial charge in [-0.25, -0.2) is 0 Å². The lowest BCUT2D eigenvalue weighted by Gasteiger charge is -2.25. The molecule has 104 valence electrons. The zero-order valence-corrected chi connectivity index (χ0v) is 12.7. The van der Waals surface area contributed by atoms with E-state index in [-0.39, 0.29) is 6.61 Å². The second-order valence-electron chi connectivity index (χ2n) is 5.54. The van der Waals surface area contributed by atoms with E-state index >= 15 is 0 Å². The SMILES string of the molecule is CC(C)N(Cc1cc(C#CCCO)cs1)CC1CC1. The van der Waals surface area contributed by atoms with Crippen LogP contribution in [0.25, 0.3) is 0 Å². The van der Waals surface area contributed by atoms with Gasteiger partial charge in [0.25, 0.3) is 0 Å². The van der Waals surface area contributed by atoms with Gasteiger partial charge in [0, 0.05) is 41.4 Å². The molecule has 2 nitrogen and oxygen atoms in total. The molecule has 1 aromatic heterocycles. The lowest BCUT2D eigenvalue weighted by Crippen LogP contribution is -2.31. The van der Waals surface area contributed by atoms with Gasteiger partial charge in [-0.3, -0.25) is 4.90 Å². The number of hydrogen-bond acceptors (Lipinski definition) is 3. The Morgan fingerprint density at radius 1 is 1.47 bits per heavy atom. The molecule has 0 aromatic carbocycles. The predicted molar refractivity (Wildman–Crippen MR) is 81.2 cm³/mol. The number of aliphatic hydroxyl groups is 1.